The zero-order valence-corrected chi connectivity index (χ0v) is 16.3. The lowest BCUT2D eigenvalue weighted by Gasteiger charge is -2.19. The van der Waals surface area contributed by atoms with Crippen LogP contribution in [0.3, 0.4) is 0 Å². The van der Waals surface area contributed by atoms with E-state index >= 15 is 0 Å². The first-order valence-corrected chi connectivity index (χ1v) is 9.32. The highest BCUT2D eigenvalue weighted by atomic mass is 16.2. The quantitative estimate of drug-likeness (QED) is 0.674. The van der Waals surface area contributed by atoms with E-state index in [0.29, 0.717) is 17.8 Å². The topological polar surface area (TPSA) is 93.1 Å². The van der Waals surface area contributed by atoms with Crippen LogP contribution < -0.4 is 16.2 Å². The number of carbonyl (C=O) groups excluding carboxylic acids is 2. The summed E-state index contributed by atoms with van der Waals surface area (Å²) in [4.78, 5) is 37.4. The Morgan fingerprint density at radius 3 is 2.21 bits per heavy atom. The molecular weight excluding hydrogens is 368 g/mol. The van der Waals surface area contributed by atoms with Crippen molar-refractivity contribution in [3.05, 3.63) is 77.1 Å². The number of nitrogens with one attached hydrogen (secondary N) is 2. The Balaban J connectivity index is 2.06. The molecule has 2 aromatic carbocycles. The SMILES string of the molecule is CC[C@@H](C(=O)Nc1ccccc1)n1nc(-c2ccccc2)cc(NC(C)=O)c1=O. The first-order chi connectivity index (χ1) is 14.0. The minimum absolute atomic E-state index is 0.0808. The monoisotopic (exact) mass is 390 g/mol. The lowest BCUT2D eigenvalue weighted by molar-refractivity contribution is -0.119. The summed E-state index contributed by atoms with van der Waals surface area (Å²) in [5.41, 5.74) is 1.43. The van der Waals surface area contributed by atoms with E-state index in [1.165, 1.54) is 13.0 Å². The van der Waals surface area contributed by atoms with E-state index in [2.05, 4.69) is 15.7 Å². The van der Waals surface area contributed by atoms with Crippen molar-refractivity contribution >= 4 is 23.2 Å². The van der Waals surface area contributed by atoms with Crippen LogP contribution in [0, 0.1) is 0 Å². The molecule has 3 rings (SSSR count). The molecule has 1 heterocycles. The number of amides is 2. The van der Waals surface area contributed by atoms with Gasteiger partial charge in [0.25, 0.3) is 5.56 Å². The standard InChI is InChI=1S/C22H22N4O3/c1-3-20(21(28)24-17-12-8-5-9-13-17)26-22(29)19(23-15(2)27)14-18(25-26)16-10-6-4-7-11-16/h4-14,20H,3H2,1-2H3,(H,23,27)(H,24,28)/t20-/m0/s1. The Bertz CT molecular complexity index is 1060. The summed E-state index contributed by atoms with van der Waals surface area (Å²) in [7, 11) is 0. The van der Waals surface area contributed by atoms with Crippen LogP contribution >= 0.6 is 0 Å². The number of hydrogen-bond donors (Lipinski definition) is 2. The molecule has 3 aromatic rings. The van der Waals surface area contributed by atoms with Crippen molar-refractivity contribution in [1.82, 2.24) is 9.78 Å². The highest BCUT2D eigenvalue weighted by Crippen LogP contribution is 2.20. The number of hydrogen-bond acceptors (Lipinski definition) is 4. The molecule has 0 aliphatic carbocycles. The van der Waals surface area contributed by atoms with Gasteiger partial charge >= 0.3 is 0 Å². The number of carbonyl (C=O) groups is 2. The number of aromatic nitrogens is 2. The van der Waals surface area contributed by atoms with Gasteiger partial charge in [-0.2, -0.15) is 5.10 Å². The molecule has 0 bridgehead atoms. The Morgan fingerprint density at radius 2 is 1.62 bits per heavy atom. The second kappa shape index (κ2) is 8.97. The molecule has 7 heteroatoms. The van der Waals surface area contributed by atoms with Gasteiger partial charge in [-0.25, -0.2) is 4.68 Å². The second-order valence-electron chi connectivity index (χ2n) is 6.52. The second-order valence-corrected chi connectivity index (χ2v) is 6.52. The molecule has 0 aliphatic rings. The number of anilines is 2. The zero-order valence-electron chi connectivity index (χ0n) is 16.3. The molecule has 148 valence electrons. The summed E-state index contributed by atoms with van der Waals surface area (Å²) in [6, 6.07) is 19.0. The van der Waals surface area contributed by atoms with Gasteiger partial charge < -0.3 is 10.6 Å². The molecule has 0 radical (unpaired) electrons. The summed E-state index contributed by atoms with van der Waals surface area (Å²) in [6.45, 7) is 3.13. The van der Waals surface area contributed by atoms with Crippen molar-refractivity contribution in [2.75, 3.05) is 10.6 Å². The van der Waals surface area contributed by atoms with E-state index in [1.807, 2.05) is 48.5 Å². The van der Waals surface area contributed by atoms with E-state index in [0.717, 1.165) is 10.2 Å². The van der Waals surface area contributed by atoms with Crippen LogP contribution in [0.25, 0.3) is 11.3 Å². The molecular formula is C22H22N4O3. The average Bonchev–Trinajstić information content (AvgIpc) is 2.72. The third-order valence-electron chi connectivity index (χ3n) is 4.34. The van der Waals surface area contributed by atoms with Crippen LogP contribution in [-0.4, -0.2) is 21.6 Å². The molecule has 29 heavy (non-hydrogen) atoms. The maximum absolute atomic E-state index is 13.0. The molecule has 1 aromatic heterocycles. The van der Waals surface area contributed by atoms with Crippen LogP contribution in [-0.2, 0) is 9.59 Å². The largest absolute Gasteiger partial charge is 0.324 e. The maximum Gasteiger partial charge on any atom is 0.291 e. The third-order valence-corrected chi connectivity index (χ3v) is 4.34. The molecule has 2 amide bonds. The molecule has 2 N–H and O–H groups in total. The Labute approximate surface area is 168 Å². The molecule has 0 aliphatic heterocycles. The van der Waals surface area contributed by atoms with Crippen molar-refractivity contribution in [2.45, 2.75) is 26.3 Å². The lowest BCUT2D eigenvalue weighted by atomic mass is 10.1. The number of para-hydroxylation sites is 1. The van der Waals surface area contributed by atoms with Crippen LogP contribution in [0.1, 0.15) is 26.3 Å². The van der Waals surface area contributed by atoms with Gasteiger partial charge in [0.2, 0.25) is 11.8 Å². The Morgan fingerprint density at radius 1 is 1.00 bits per heavy atom. The fraction of sp³-hybridized carbons (Fsp3) is 0.182. The van der Waals surface area contributed by atoms with Gasteiger partial charge in [-0.15, -0.1) is 0 Å². The van der Waals surface area contributed by atoms with Gasteiger partial charge in [-0.1, -0.05) is 55.5 Å². The van der Waals surface area contributed by atoms with E-state index in [9.17, 15) is 14.4 Å². The van der Waals surface area contributed by atoms with Crippen LogP contribution in [0.5, 0.6) is 0 Å². The molecule has 0 spiro atoms. The molecule has 0 saturated heterocycles. The van der Waals surface area contributed by atoms with E-state index in [1.54, 1.807) is 19.1 Å². The van der Waals surface area contributed by atoms with Gasteiger partial charge in [0.1, 0.15) is 11.7 Å². The van der Waals surface area contributed by atoms with Gasteiger partial charge in [-0.05, 0) is 24.6 Å². The first kappa shape index (κ1) is 20.0. The fourth-order valence-electron chi connectivity index (χ4n) is 2.97. The Hall–Kier alpha value is -3.74. The highest BCUT2D eigenvalue weighted by Gasteiger charge is 2.23. The summed E-state index contributed by atoms with van der Waals surface area (Å²) >= 11 is 0. The molecule has 0 unspecified atom stereocenters. The zero-order chi connectivity index (χ0) is 20.8. The molecule has 1 atom stereocenters. The predicted octanol–water partition coefficient (Wildman–Crippen LogP) is 3.46. The fourth-order valence-corrected chi connectivity index (χ4v) is 2.97. The molecule has 0 saturated carbocycles. The predicted molar refractivity (Wildman–Crippen MR) is 113 cm³/mol. The normalized spacial score (nSPS) is 11.5. The van der Waals surface area contributed by atoms with Crippen molar-refractivity contribution < 1.29 is 9.59 Å². The van der Waals surface area contributed by atoms with E-state index in [-0.39, 0.29) is 17.5 Å². The van der Waals surface area contributed by atoms with Crippen LogP contribution in [0.2, 0.25) is 0 Å². The maximum atomic E-state index is 13.0. The van der Waals surface area contributed by atoms with Crippen molar-refractivity contribution in [3.63, 3.8) is 0 Å². The third kappa shape index (κ3) is 4.76. The van der Waals surface area contributed by atoms with Crippen molar-refractivity contribution in [2.24, 2.45) is 0 Å². The summed E-state index contributed by atoms with van der Waals surface area (Å²) < 4.78 is 1.14. The summed E-state index contributed by atoms with van der Waals surface area (Å²) in [5.74, 6) is -0.729. The number of rotatable bonds is 6. The van der Waals surface area contributed by atoms with Crippen LogP contribution in [0.4, 0.5) is 11.4 Å². The van der Waals surface area contributed by atoms with E-state index < -0.39 is 11.6 Å². The van der Waals surface area contributed by atoms with Crippen molar-refractivity contribution in [3.8, 4) is 11.3 Å². The Kier molecular flexibility index (Phi) is 6.19. The minimum atomic E-state index is -0.834. The van der Waals surface area contributed by atoms with Crippen molar-refractivity contribution in [1.29, 1.82) is 0 Å². The number of nitrogens with zero attached hydrogens (tertiary/aromatic N) is 2. The summed E-state index contributed by atoms with van der Waals surface area (Å²) in [6.07, 6.45) is 0.351. The van der Waals surface area contributed by atoms with Gasteiger partial charge in [0.15, 0.2) is 0 Å². The van der Waals surface area contributed by atoms with Gasteiger partial charge in [0.05, 0.1) is 5.69 Å². The molecule has 7 nitrogen and oxygen atoms in total. The van der Waals surface area contributed by atoms with Gasteiger partial charge in [-0.3, -0.25) is 14.4 Å². The first-order valence-electron chi connectivity index (χ1n) is 9.32. The summed E-state index contributed by atoms with van der Waals surface area (Å²) in [5, 5.41) is 9.80. The van der Waals surface area contributed by atoms with Gasteiger partial charge in [0, 0.05) is 18.2 Å². The smallest absolute Gasteiger partial charge is 0.291 e. The van der Waals surface area contributed by atoms with E-state index in [4.69, 9.17) is 0 Å². The van der Waals surface area contributed by atoms with Crippen LogP contribution in [0.15, 0.2) is 71.5 Å². The lowest BCUT2D eigenvalue weighted by Crippen LogP contribution is -2.36. The minimum Gasteiger partial charge on any atom is -0.324 e. The molecule has 0 fully saturated rings. The number of benzene rings is 2. The highest BCUT2D eigenvalue weighted by molar-refractivity contribution is 5.94. The average molecular weight is 390 g/mol.